The Balaban J connectivity index is 1.40. The molecule has 10 nitrogen and oxygen atoms in total. The number of hydrogen-bond donors (Lipinski definition) is 0. The Morgan fingerprint density at radius 1 is 1.04 bits per heavy atom. The molecule has 1 aliphatic heterocycles. The van der Waals surface area contributed by atoms with Crippen molar-refractivity contribution in [1.82, 2.24) is 39.6 Å². The second-order valence-electron chi connectivity index (χ2n) is 7.41. The van der Waals surface area contributed by atoms with Crippen LogP contribution in [0.3, 0.4) is 0 Å². The third-order valence-corrected chi connectivity index (χ3v) is 5.30. The van der Waals surface area contributed by atoms with Crippen LogP contribution in [0, 0.1) is 0 Å². The lowest BCUT2D eigenvalue weighted by Crippen LogP contribution is -2.34. The van der Waals surface area contributed by atoms with Crippen LogP contribution in [0.15, 0.2) is 24.7 Å². The topological polar surface area (TPSA) is 93.2 Å². The van der Waals surface area contributed by atoms with E-state index in [4.69, 9.17) is 5.10 Å². The molecular formula is C18H22N10. The van der Waals surface area contributed by atoms with Crippen molar-refractivity contribution in [1.29, 1.82) is 0 Å². The molecule has 0 unspecified atom stereocenters. The molecule has 0 saturated carbocycles. The SMILES string of the molecule is CN(C)c1ccc2nnc(C3CCN(c4ncnc5nn(C)cc45)CC3)n2n1. The van der Waals surface area contributed by atoms with E-state index < -0.39 is 0 Å². The average molecular weight is 378 g/mol. The zero-order valence-corrected chi connectivity index (χ0v) is 16.2. The van der Waals surface area contributed by atoms with Crippen LogP contribution in [0.5, 0.6) is 0 Å². The van der Waals surface area contributed by atoms with Gasteiger partial charge in [-0.15, -0.1) is 15.3 Å². The minimum absolute atomic E-state index is 0.322. The molecule has 0 N–H and O–H groups in total. The Bertz CT molecular complexity index is 1140. The summed E-state index contributed by atoms with van der Waals surface area (Å²) in [5, 5.41) is 18.8. The van der Waals surface area contributed by atoms with Crippen molar-refractivity contribution in [3.8, 4) is 0 Å². The highest BCUT2D eigenvalue weighted by Gasteiger charge is 2.27. The van der Waals surface area contributed by atoms with Gasteiger partial charge in [0.25, 0.3) is 0 Å². The van der Waals surface area contributed by atoms with Gasteiger partial charge in [-0.05, 0) is 25.0 Å². The van der Waals surface area contributed by atoms with Gasteiger partial charge in [-0.25, -0.2) is 9.97 Å². The molecule has 0 amide bonds. The predicted octanol–water partition coefficient (Wildman–Crippen LogP) is 1.25. The number of rotatable bonds is 3. The van der Waals surface area contributed by atoms with Gasteiger partial charge in [0.15, 0.2) is 17.1 Å². The van der Waals surface area contributed by atoms with Crippen LogP contribution >= 0.6 is 0 Å². The van der Waals surface area contributed by atoms with E-state index in [-0.39, 0.29) is 0 Å². The van der Waals surface area contributed by atoms with Gasteiger partial charge in [-0.2, -0.15) is 9.61 Å². The lowest BCUT2D eigenvalue weighted by Gasteiger charge is -2.32. The largest absolute Gasteiger partial charge is 0.361 e. The number of nitrogens with zero attached hydrogens (tertiary/aromatic N) is 10. The molecule has 0 bridgehead atoms. The first-order valence-electron chi connectivity index (χ1n) is 9.39. The summed E-state index contributed by atoms with van der Waals surface area (Å²) in [4.78, 5) is 13.1. The minimum atomic E-state index is 0.322. The van der Waals surface area contributed by atoms with E-state index in [0.29, 0.717) is 5.92 Å². The molecule has 0 radical (unpaired) electrons. The van der Waals surface area contributed by atoms with Crippen LogP contribution in [-0.4, -0.2) is 66.7 Å². The zero-order valence-electron chi connectivity index (χ0n) is 16.2. The van der Waals surface area contributed by atoms with Crippen LogP contribution < -0.4 is 9.80 Å². The van der Waals surface area contributed by atoms with E-state index in [0.717, 1.165) is 60.1 Å². The van der Waals surface area contributed by atoms with Crippen molar-refractivity contribution in [2.45, 2.75) is 18.8 Å². The maximum Gasteiger partial charge on any atom is 0.186 e. The number of aromatic nitrogens is 8. The second kappa shape index (κ2) is 6.39. The quantitative estimate of drug-likeness (QED) is 0.526. The molecule has 0 aromatic carbocycles. The summed E-state index contributed by atoms with van der Waals surface area (Å²) < 4.78 is 3.67. The van der Waals surface area contributed by atoms with Crippen molar-refractivity contribution in [3.63, 3.8) is 0 Å². The number of fused-ring (bicyclic) bond motifs is 2. The maximum absolute atomic E-state index is 4.70. The summed E-state index contributed by atoms with van der Waals surface area (Å²) in [5.41, 5.74) is 1.52. The Labute approximate surface area is 161 Å². The first kappa shape index (κ1) is 16.8. The van der Waals surface area contributed by atoms with Crippen LogP contribution in [0.4, 0.5) is 11.6 Å². The number of hydrogen-bond acceptors (Lipinski definition) is 8. The van der Waals surface area contributed by atoms with Gasteiger partial charge in [-0.3, -0.25) is 4.68 Å². The number of aryl methyl sites for hydroxylation is 1. The molecule has 1 saturated heterocycles. The normalized spacial score (nSPS) is 15.6. The van der Waals surface area contributed by atoms with Crippen LogP contribution in [0.25, 0.3) is 16.7 Å². The van der Waals surface area contributed by atoms with Crippen LogP contribution in [0.2, 0.25) is 0 Å². The Hall–Kier alpha value is -3.30. The number of anilines is 2. The lowest BCUT2D eigenvalue weighted by atomic mass is 9.96. The molecule has 5 heterocycles. The molecule has 0 atom stereocenters. The molecule has 28 heavy (non-hydrogen) atoms. The van der Waals surface area contributed by atoms with Crippen molar-refractivity contribution >= 4 is 28.3 Å². The summed E-state index contributed by atoms with van der Waals surface area (Å²) in [5.74, 6) is 3.11. The highest BCUT2D eigenvalue weighted by molar-refractivity contribution is 5.86. The van der Waals surface area contributed by atoms with E-state index in [2.05, 4.69) is 30.2 Å². The monoisotopic (exact) mass is 378 g/mol. The van der Waals surface area contributed by atoms with Gasteiger partial charge in [-0.1, -0.05) is 0 Å². The fourth-order valence-electron chi connectivity index (χ4n) is 3.83. The van der Waals surface area contributed by atoms with Gasteiger partial charge in [0.2, 0.25) is 0 Å². The smallest absolute Gasteiger partial charge is 0.186 e. The van der Waals surface area contributed by atoms with E-state index in [1.165, 1.54) is 0 Å². The Morgan fingerprint density at radius 3 is 2.64 bits per heavy atom. The summed E-state index contributed by atoms with van der Waals surface area (Å²) in [7, 11) is 5.87. The summed E-state index contributed by atoms with van der Waals surface area (Å²) in [6.45, 7) is 1.79. The molecular weight excluding hydrogens is 356 g/mol. The van der Waals surface area contributed by atoms with E-state index in [1.807, 2.05) is 48.9 Å². The van der Waals surface area contributed by atoms with Crippen LogP contribution in [0.1, 0.15) is 24.6 Å². The van der Waals surface area contributed by atoms with Gasteiger partial charge in [0.1, 0.15) is 18.0 Å². The van der Waals surface area contributed by atoms with Crippen molar-refractivity contribution in [2.75, 3.05) is 37.0 Å². The molecule has 1 fully saturated rings. The minimum Gasteiger partial charge on any atom is -0.361 e. The highest BCUT2D eigenvalue weighted by Crippen LogP contribution is 2.31. The van der Waals surface area contributed by atoms with E-state index in [1.54, 1.807) is 11.0 Å². The molecule has 5 rings (SSSR count). The summed E-state index contributed by atoms with van der Waals surface area (Å²) in [6, 6.07) is 3.93. The Kier molecular flexibility index (Phi) is 3.85. The van der Waals surface area contributed by atoms with Gasteiger partial charge in [0.05, 0.1) is 5.39 Å². The van der Waals surface area contributed by atoms with Gasteiger partial charge in [0, 0.05) is 46.3 Å². The van der Waals surface area contributed by atoms with E-state index in [9.17, 15) is 0 Å². The van der Waals surface area contributed by atoms with Crippen LogP contribution in [-0.2, 0) is 7.05 Å². The third kappa shape index (κ3) is 2.72. The average Bonchev–Trinajstić information content (AvgIpc) is 3.29. The van der Waals surface area contributed by atoms with E-state index >= 15 is 0 Å². The molecule has 4 aromatic heterocycles. The fraction of sp³-hybridized carbons (Fsp3) is 0.444. The van der Waals surface area contributed by atoms with Crippen molar-refractivity contribution in [2.24, 2.45) is 7.05 Å². The molecule has 0 spiro atoms. The lowest BCUT2D eigenvalue weighted by molar-refractivity contribution is 0.476. The molecule has 144 valence electrons. The highest BCUT2D eigenvalue weighted by atomic mass is 15.4. The molecule has 10 heteroatoms. The van der Waals surface area contributed by atoms with Gasteiger partial charge < -0.3 is 9.80 Å². The van der Waals surface area contributed by atoms with Gasteiger partial charge >= 0.3 is 0 Å². The van der Waals surface area contributed by atoms with Crippen molar-refractivity contribution in [3.05, 3.63) is 30.5 Å². The first-order chi connectivity index (χ1) is 13.6. The predicted molar refractivity (Wildman–Crippen MR) is 106 cm³/mol. The fourth-order valence-corrected chi connectivity index (χ4v) is 3.83. The standard InChI is InChI=1S/C18H22N10/c1-25(2)15-5-4-14-21-22-17(28(14)23-15)12-6-8-27(9-7-12)18-13-10-26(3)24-16(13)19-11-20-18/h4-5,10-12H,6-9H2,1-3H3. The Morgan fingerprint density at radius 2 is 1.86 bits per heavy atom. The third-order valence-electron chi connectivity index (χ3n) is 5.30. The molecule has 1 aliphatic rings. The number of piperidine rings is 1. The van der Waals surface area contributed by atoms with Crippen molar-refractivity contribution < 1.29 is 0 Å². The summed E-state index contributed by atoms with van der Waals surface area (Å²) in [6.07, 6.45) is 5.52. The molecule has 4 aromatic rings. The molecule has 0 aliphatic carbocycles. The maximum atomic E-state index is 4.70. The second-order valence-corrected chi connectivity index (χ2v) is 7.41. The summed E-state index contributed by atoms with van der Waals surface area (Å²) >= 11 is 0. The zero-order chi connectivity index (χ0) is 19.3. The first-order valence-corrected chi connectivity index (χ1v) is 9.39.